The van der Waals surface area contributed by atoms with Gasteiger partial charge in [0, 0.05) is 6.54 Å². The van der Waals surface area contributed by atoms with Crippen molar-refractivity contribution in [2.75, 3.05) is 19.7 Å². The fourth-order valence-corrected chi connectivity index (χ4v) is 2.87. The molecule has 3 nitrogen and oxygen atoms in total. The van der Waals surface area contributed by atoms with E-state index < -0.39 is 0 Å². The van der Waals surface area contributed by atoms with Crippen molar-refractivity contribution in [1.29, 1.82) is 0 Å². The third-order valence-electron chi connectivity index (χ3n) is 4.12. The number of rotatable bonds is 9. The lowest BCUT2D eigenvalue weighted by atomic mass is 9.98. The van der Waals surface area contributed by atoms with E-state index in [1.54, 1.807) is 0 Å². The van der Waals surface area contributed by atoms with Gasteiger partial charge in [0.25, 0.3) is 0 Å². The van der Waals surface area contributed by atoms with Gasteiger partial charge >= 0.3 is 0 Å². The summed E-state index contributed by atoms with van der Waals surface area (Å²) in [6, 6.07) is 10.5. The minimum absolute atomic E-state index is 0.381. The molecule has 1 atom stereocenters. The lowest BCUT2D eigenvalue weighted by Gasteiger charge is -2.23. The number of ether oxygens (including phenoxy) is 1. The second-order valence-electron chi connectivity index (χ2n) is 6.04. The normalized spacial score (nSPS) is 17.8. The van der Waals surface area contributed by atoms with Gasteiger partial charge in [-0.2, -0.15) is 0 Å². The minimum Gasteiger partial charge on any atom is -0.389 e. The summed E-state index contributed by atoms with van der Waals surface area (Å²) in [5, 5.41) is 13.2. The molecule has 0 amide bonds. The van der Waals surface area contributed by atoms with E-state index >= 15 is 0 Å². The molecule has 1 aliphatic rings. The standard InChI is InChI=1S/C18H29NO2/c20-17(15-21-18-11-5-2-6-12-18)14-19-13-7-10-16-8-3-1-4-9-16/h1,3-4,8-9,17-20H,2,5-7,10-15H2. The van der Waals surface area contributed by atoms with Crippen LogP contribution in [0, 0.1) is 0 Å². The van der Waals surface area contributed by atoms with E-state index in [4.69, 9.17) is 4.74 Å². The number of aliphatic hydroxyl groups excluding tert-OH is 1. The first kappa shape index (κ1) is 16.5. The number of nitrogens with one attached hydrogen (secondary N) is 1. The predicted octanol–water partition coefficient (Wildman–Crippen LogP) is 2.92. The zero-order valence-corrected chi connectivity index (χ0v) is 13.0. The molecule has 1 aliphatic carbocycles. The molecule has 118 valence electrons. The van der Waals surface area contributed by atoms with Crippen LogP contribution in [0.15, 0.2) is 30.3 Å². The molecular formula is C18H29NO2. The van der Waals surface area contributed by atoms with Gasteiger partial charge in [0.1, 0.15) is 0 Å². The van der Waals surface area contributed by atoms with Crippen molar-refractivity contribution in [3.63, 3.8) is 0 Å². The van der Waals surface area contributed by atoms with Crippen molar-refractivity contribution in [2.24, 2.45) is 0 Å². The quantitative estimate of drug-likeness (QED) is 0.687. The Hall–Kier alpha value is -0.900. The van der Waals surface area contributed by atoms with E-state index in [1.807, 2.05) is 6.07 Å². The molecule has 1 unspecified atom stereocenters. The molecule has 1 saturated carbocycles. The van der Waals surface area contributed by atoms with Crippen LogP contribution in [0.1, 0.15) is 44.1 Å². The van der Waals surface area contributed by atoms with Gasteiger partial charge in [-0.05, 0) is 37.8 Å². The smallest absolute Gasteiger partial charge is 0.0897 e. The highest BCUT2D eigenvalue weighted by molar-refractivity contribution is 5.14. The van der Waals surface area contributed by atoms with Crippen molar-refractivity contribution in [2.45, 2.75) is 57.2 Å². The van der Waals surface area contributed by atoms with Gasteiger partial charge in [-0.3, -0.25) is 0 Å². The van der Waals surface area contributed by atoms with Crippen molar-refractivity contribution < 1.29 is 9.84 Å². The molecule has 0 spiro atoms. The largest absolute Gasteiger partial charge is 0.389 e. The maximum Gasteiger partial charge on any atom is 0.0897 e. The van der Waals surface area contributed by atoms with E-state index in [-0.39, 0.29) is 6.10 Å². The van der Waals surface area contributed by atoms with Crippen LogP contribution in [0.4, 0.5) is 0 Å². The highest BCUT2D eigenvalue weighted by atomic mass is 16.5. The van der Waals surface area contributed by atoms with Gasteiger partial charge in [-0.1, -0.05) is 49.6 Å². The summed E-state index contributed by atoms with van der Waals surface area (Å²) in [6.45, 7) is 2.03. The molecule has 1 fully saturated rings. The first-order valence-corrected chi connectivity index (χ1v) is 8.39. The van der Waals surface area contributed by atoms with Crippen LogP contribution < -0.4 is 5.32 Å². The summed E-state index contributed by atoms with van der Waals surface area (Å²) < 4.78 is 5.78. The second-order valence-corrected chi connectivity index (χ2v) is 6.04. The monoisotopic (exact) mass is 291 g/mol. The maximum atomic E-state index is 9.91. The van der Waals surface area contributed by atoms with Gasteiger partial charge in [0.15, 0.2) is 0 Å². The van der Waals surface area contributed by atoms with Crippen LogP contribution in [0.5, 0.6) is 0 Å². The second kappa shape index (κ2) is 9.93. The summed E-state index contributed by atoms with van der Waals surface area (Å²) in [5.41, 5.74) is 1.38. The van der Waals surface area contributed by atoms with Gasteiger partial charge in [0.2, 0.25) is 0 Å². The fourth-order valence-electron chi connectivity index (χ4n) is 2.87. The Morgan fingerprint density at radius 2 is 1.90 bits per heavy atom. The molecule has 0 bridgehead atoms. The molecule has 1 aromatic carbocycles. The average Bonchev–Trinajstić information content (AvgIpc) is 2.54. The molecular weight excluding hydrogens is 262 g/mol. The number of aryl methyl sites for hydroxylation is 1. The molecule has 3 heteroatoms. The van der Waals surface area contributed by atoms with Crippen molar-refractivity contribution in [3.8, 4) is 0 Å². The Kier molecular flexibility index (Phi) is 7.79. The van der Waals surface area contributed by atoms with Crippen LogP contribution in [-0.4, -0.2) is 37.0 Å². The van der Waals surface area contributed by atoms with Gasteiger partial charge in [-0.25, -0.2) is 0 Å². The summed E-state index contributed by atoms with van der Waals surface area (Å²) in [4.78, 5) is 0. The van der Waals surface area contributed by atoms with Crippen LogP contribution in [0.2, 0.25) is 0 Å². The first-order valence-electron chi connectivity index (χ1n) is 8.39. The Morgan fingerprint density at radius 3 is 2.67 bits per heavy atom. The number of benzene rings is 1. The minimum atomic E-state index is -0.386. The lowest BCUT2D eigenvalue weighted by Crippen LogP contribution is -2.33. The molecule has 0 aliphatic heterocycles. The van der Waals surface area contributed by atoms with Crippen LogP contribution in [0.3, 0.4) is 0 Å². The molecule has 0 saturated heterocycles. The third-order valence-corrected chi connectivity index (χ3v) is 4.12. The SMILES string of the molecule is OC(CNCCCc1ccccc1)COC1CCCCC1. The molecule has 0 heterocycles. The van der Waals surface area contributed by atoms with Crippen molar-refractivity contribution >= 4 is 0 Å². The summed E-state index contributed by atoms with van der Waals surface area (Å²) in [5.74, 6) is 0. The van der Waals surface area contributed by atoms with E-state index in [2.05, 4.69) is 29.6 Å². The Morgan fingerprint density at radius 1 is 1.14 bits per heavy atom. The lowest BCUT2D eigenvalue weighted by molar-refractivity contribution is -0.0229. The summed E-state index contributed by atoms with van der Waals surface area (Å²) in [6.07, 6.45) is 8.40. The molecule has 0 aromatic heterocycles. The number of hydrogen-bond donors (Lipinski definition) is 2. The van der Waals surface area contributed by atoms with E-state index in [1.165, 1.54) is 24.8 Å². The highest BCUT2D eigenvalue weighted by Crippen LogP contribution is 2.20. The summed E-state index contributed by atoms with van der Waals surface area (Å²) >= 11 is 0. The highest BCUT2D eigenvalue weighted by Gasteiger charge is 2.15. The van der Waals surface area contributed by atoms with Crippen LogP contribution in [0.25, 0.3) is 0 Å². The average molecular weight is 291 g/mol. The van der Waals surface area contributed by atoms with Gasteiger partial charge in [-0.15, -0.1) is 0 Å². The number of hydrogen-bond acceptors (Lipinski definition) is 3. The van der Waals surface area contributed by atoms with Crippen molar-refractivity contribution in [1.82, 2.24) is 5.32 Å². The topological polar surface area (TPSA) is 41.5 Å². The molecule has 2 rings (SSSR count). The number of aliphatic hydroxyl groups is 1. The zero-order chi connectivity index (χ0) is 14.8. The van der Waals surface area contributed by atoms with Crippen LogP contribution in [-0.2, 0) is 11.2 Å². The third kappa shape index (κ3) is 7.07. The Balaban J connectivity index is 1.46. The molecule has 0 radical (unpaired) electrons. The van der Waals surface area contributed by atoms with Crippen LogP contribution >= 0.6 is 0 Å². The van der Waals surface area contributed by atoms with E-state index in [0.717, 1.165) is 32.2 Å². The Bertz CT molecular complexity index is 363. The predicted molar refractivity (Wildman–Crippen MR) is 86.5 cm³/mol. The molecule has 1 aromatic rings. The maximum absolute atomic E-state index is 9.91. The fraction of sp³-hybridized carbons (Fsp3) is 0.667. The van der Waals surface area contributed by atoms with Gasteiger partial charge in [0.05, 0.1) is 18.8 Å². The van der Waals surface area contributed by atoms with E-state index in [9.17, 15) is 5.11 Å². The van der Waals surface area contributed by atoms with Crippen molar-refractivity contribution in [3.05, 3.63) is 35.9 Å². The van der Waals surface area contributed by atoms with Gasteiger partial charge < -0.3 is 15.2 Å². The first-order chi connectivity index (χ1) is 10.3. The van der Waals surface area contributed by atoms with E-state index in [0.29, 0.717) is 19.3 Å². The zero-order valence-electron chi connectivity index (χ0n) is 13.0. The Labute approximate surface area is 128 Å². The summed E-state index contributed by atoms with van der Waals surface area (Å²) in [7, 11) is 0. The molecule has 21 heavy (non-hydrogen) atoms. The molecule has 2 N–H and O–H groups in total.